The van der Waals surface area contributed by atoms with Gasteiger partial charge in [0.1, 0.15) is 11.5 Å². The third kappa shape index (κ3) is 2.41. The first-order valence-electron chi connectivity index (χ1n) is 5.94. The van der Waals surface area contributed by atoms with Crippen LogP contribution in [0.5, 0.6) is 0 Å². The van der Waals surface area contributed by atoms with Crippen LogP contribution in [-0.2, 0) is 9.59 Å². The summed E-state index contributed by atoms with van der Waals surface area (Å²) in [7, 11) is 1.56. The van der Waals surface area contributed by atoms with Crippen molar-refractivity contribution in [3.05, 3.63) is 0 Å². The summed E-state index contributed by atoms with van der Waals surface area (Å²) >= 11 is 0. The smallest absolute Gasteiger partial charge is 0.243 e. The van der Waals surface area contributed by atoms with Crippen molar-refractivity contribution >= 4 is 11.8 Å². The first-order chi connectivity index (χ1) is 8.00. The molecule has 0 spiro atoms. The van der Waals surface area contributed by atoms with Crippen molar-refractivity contribution < 1.29 is 9.59 Å². The largest absolute Gasteiger partial charge is 0.357 e. The van der Waals surface area contributed by atoms with Crippen molar-refractivity contribution in [3.8, 4) is 6.07 Å². The van der Waals surface area contributed by atoms with Crippen LogP contribution in [0.15, 0.2) is 0 Å². The quantitative estimate of drug-likeness (QED) is 0.783. The third-order valence-electron chi connectivity index (χ3n) is 3.49. The molecule has 5 heteroatoms. The lowest BCUT2D eigenvalue weighted by Gasteiger charge is -2.29. The van der Waals surface area contributed by atoms with Crippen LogP contribution in [0.3, 0.4) is 0 Å². The lowest BCUT2D eigenvalue weighted by molar-refractivity contribution is -0.143. The molecule has 1 saturated heterocycles. The summed E-state index contributed by atoms with van der Waals surface area (Å²) in [6.07, 6.45) is 1.95. The molecule has 1 rings (SSSR count). The fraction of sp³-hybridized carbons (Fsp3) is 0.750. The average Bonchev–Trinajstić information content (AvgIpc) is 2.84. The topological polar surface area (TPSA) is 73.2 Å². The van der Waals surface area contributed by atoms with E-state index < -0.39 is 11.5 Å². The van der Waals surface area contributed by atoms with Crippen LogP contribution < -0.4 is 5.32 Å². The summed E-state index contributed by atoms with van der Waals surface area (Å²) in [6, 6.07) is 1.65. The Hall–Kier alpha value is -1.57. The summed E-state index contributed by atoms with van der Waals surface area (Å²) in [5, 5.41) is 11.7. The number of carbonyl (C=O) groups excluding carboxylic acids is 2. The molecule has 2 unspecified atom stereocenters. The van der Waals surface area contributed by atoms with Crippen molar-refractivity contribution in [1.82, 2.24) is 10.2 Å². The minimum Gasteiger partial charge on any atom is -0.357 e. The molecule has 0 aliphatic carbocycles. The molecule has 0 saturated carbocycles. The van der Waals surface area contributed by atoms with Gasteiger partial charge in [0.2, 0.25) is 11.8 Å². The first-order valence-corrected chi connectivity index (χ1v) is 5.94. The molecule has 0 aromatic heterocycles. The summed E-state index contributed by atoms with van der Waals surface area (Å²) in [5.41, 5.74) is -1.02. The van der Waals surface area contributed by atoms with Crippen molar-refractivity contribution in [3.63, 3.8) is 0 Å². The van der Waals surface area contributed by atoms with E-state index in [-0.39, 0.29) is 11.8 Å². The lowest BCUT2D eigenvalue weighted by atomic mass is 9.87. The van der Waals surface area contributed by atoms with E-state index in [2.05, 4.69) is 11.4 Å². The Balaban J connectivity index is 2.89. The predicted octanol–water partition coefficient (Wildman–Crippen LogP) is 0.663. The van der Waals surface area contributed by atoms with E-state index >= 15 is 0 Å². The molecule has 0 aromatic carbocycles. The van der Waals surface area contributed by atoms with Gasteiger partial charge in [0.25, 0.3) is 0 Å². The second kappa shape index (κ2) is 5.17. The molecule has 1 heterocycles. The molecule has 1 N–H and O–H groups in total. The van der Waals surface area contributed by atoms with Gasteiger partial charge in [-0.3, -0.25) is 9.59 Å². The normalized spacial score (nSPS) is 22.7. The number of amides is 2. The Morgan fingerprint density at radius 2 is 2.24 bits per heavy atom. The number of likely N-dealkylation sites (tertiary alicyclic amines) is 1. The maximum Gasteiger partial charge on any atom is 0.243 e. The summed E-state index contributed by atoms with van der Waals surface area (Å²) in [4.78, 5) is 25.5. The minimum absolute atomic E-state index is 0.146. The molecule has 1 fully saturated rings. The second-order valence-electron chi connectivity index (χ2n) is 4.57. The van der Waals surface area contributed by atoms with E-state index in [1.807, 2.05) is 6.92 Å². The van der Waals surface area contributed by atoms with Gasteiger partial charge in [0.05, 0.1) is 6.07 Å². The number of likely N-dealkylation sites (N-methyl/N-ethyl adjacent to an activating group) is 1. The number of nitrogens with zero attached hydrogens (tertiary/aromatic N) is 2. The molecular formula is C12H19N3O2. The van der Waals surface area contributed by atoms with Gasteiger partial charge in [-0.15, -0.1) is 0 Å². The van der Waals surface area contributed by atoms with Gasteiger partial charge in [0.15, 0.2) is 0 Å². The van der Waals surface area contributed by atoms with E-state index in [4.69, 9.17) is 5.26 Å². The summed E-state index contributed by atoms with van der Waals surface area (Å²) in [5.74, 6) is -0.374. The van der Waals surface area contributed by atoms with Crippen molar-refractivity contribution in [1.29, 1.82) is 5.26 Å². The highest BCUT2D eigenvalue weighted by Crippen LogP contribution is 2.28. The number of nitriles is 1. The van der Waals surface area contributed by atoms with Crippen LogP contribution in [0.25, 0.3) is 0 Å². The molecule has 17 heavy (non-hydrogen) atoms. The molecule has 94 valence electrons. The Morgan fingerprint density at radius 3 is 2.71 bits per heavy atom. The average molecular weight is 237 g/mol. The standard InChI is InChI=1S/C12H19N3O2/c1-4-12(2,8-13)11(17)15-7-5-6-9(15)10(16)14-3/h9H,4-7H2,1-3H3,(H,14,16). The molecule has 2 atom stereocenters. The molecule has 2 amide bonds. The SMILES string of the molecule is CCC(C)(C#N)C(=O)N1CCCC1C(=O)NC. The van der Waals surface area contributed by atoms with Gasteiger partial charge >= 0.3 is 0 Å². The Morgan fingerprint density at radius 1 is 1.59 bits per heavy atom. The van der Waals surface area contributed by atoms with Crippen molar-refractivity contribution in [2.45, 2.75) is 39.2 Å². The zero-order valence-electron chi connectivity index (χ0n) is 10.6. The highest BCUT2D eigenvalue weighted by molar-refractivity contribution is 5.91. The van der Waals surface area contributed by atoms with Gasteiger partial charge in [-0.2, -0.15) is 5.26 Å². The van der Waals surface area contributed by atoms with Crippen molar-refractivity contribution in [2.75, 3.05) is 13.6 Å². The molecule has 1 aliphatic heterocycles. The van der Waals surface area contributed by atoms with Gasteiger partial charge < -0.3 is 10.2 Å². The molecule has 0 aromatic rings. The number of hydrogen-bond acceptors (Lipinski definition) is 3. The molecule has 5 nitrogen and oxygen atoms in total. The fourth-order valence-corrected chi connectivity index (χ4v) is 2.04. The Labute approximate surface area is 102 Å². The van der Waals surface area contributed by atoms with Crippen LogP contribution in [-0.4, -0.2) is 36.3 Å². The van der Waals surface area contributed by atoms with Gasteiger partial charge in [0, 0.05) is 13.6 Å². The number of nitrogens with one attached hydrogen (secondary N) is 1. The van der Waals surface area contributed by atoms with Gasteiger partial charge in [-0.05, 0) is 26.2 Å². The first kappa shape index (κ1) is 13.5. The van der Waals surface area contributed by atoms with E-state index in [0.29, 0.717) is 19.4 Å². The summed E-state index contributed by atoms with van der Waals surface area (Å²) < 4.78 is 0. The van der Waals surface area contributed by atoms with Crippen molar-refractivity contribution in [2.24, 2.45) is 5.41 Å². The highest BCUT2D eigenvalue weighted by Gasteiger charge is 2.42. The fourth-order valence-electron chi connectivity index (χ4n) is 2.04. The van der Waals surface area contributed by atoms with Crippen LogP contribution in [0, 0.1) is 16.7 Å². The summed E-state index contributed by atoms with van der Waals surface area (Å²) in [6.45, 7) is 4.01. The van der Waals surface area contributed by atoms with Crippen LogP contribution in [0.4, 0.5) is 0 Å². The van der Waals surface area contributed by atoms with E-state index in [1.165, 1.54) is 0 Å². The van der Waals surface area contributed by atoms with E-state index in [9.17, 15) is 9.59 Å². The monoisotopic (exact) mass is 237 g/mol. The van der Waals surface area contributed by atoms with Gasteiger partial charge in [-0.1, -0.05) is 6.92 Å². The molecule has 0 radical (unpaired) electrons. The van der Waals surface area contributed by atoms with Gasteiger partial charge in [-0.25, -0.2) is 0 Å². The van der Waals surface area contributed by atoms with Crippen LogP contribution in [0.1, 0.15) is 33.1 Å². The predicted molar refractivity (Wildman–Crippen MR) is 62.8 cm³/mol. The third-order valence-corrected chi connectivity index (χ3v) is 3.49. The number of rotatable bonds is 3. The minimum atomic E-state index is -1.02. The van der Waals surface area contributed by atoms with Crippen LogP contribution in [0.2, 0.25) is 0 Å². The Kier molecular flexibility index (Phi) is 4.11. The maximum absolute atomic E-state index is 12.3. The Bertz CT molecular complexity index is 361. The van der Waals surface area contributed by atoms with E-state index in [0.717, 1.165) is 6.42 Å². The second-order valence-corrected chi connectivity index (χ2v) is 4.57. The number of carbonyl (C=O) groups is 2. The molecule has 1 aliphatic rings. The maximum atomic E-state index is 12.3. The molecule has 0 bridgehead atoms. The van der Waals surface area contributed by atoms with Crippen LogP contribution >= 0.6 is 0 Å². The highest BCUT2D eigenvalue weighted by atomic mass is 16.2. The number of hydrogen-bond donors (Lipinski definition) is 1. The zero-order valence-corrected chi connectivity index (χ0v) is 10.6. The lowest BCUT2D eigenvalue weighted by Crippen LogP contribution is -2.49. The van der Waals surface area contributed by atoms with E-state index in [1.54, 1.807) is 18.9 Å². The molecular weight excluding hydrogens is 218 g/mol. The zero-order chi connectivity index (χ0) is 13.1.